The number of hydrogen-bond acceptors (Lipinski definition) is 4. The summed E-state index contributed by atoms with van der Waals surface area (Å²) in [6.07, 6.45) is 0.282. The van der Waals surface area contributed by atoms with Crippen LogP contribution in [0.1, 0.15) is 12.0 Å². The number of likely N-dealkylation sites (N-methyl/N-ethyl adjacent to an activating group) is 1. The fourth-order valence-corrected chi connectivity index (χ4v) is 2.46. The fraction of sp³-hybridized carbons (Fsp3) is 0.533. The molecule has 1 heterocycles. The van der Waals surface area contributed by atoms with E-state index < -0.39 is 6.10 Å². The third kappa shape index (κ3) is 4.33. The van der Waals surface area contributed by atoms with E-state index in [4.69, 9.17) is 21.1 Å². The SMILES string of the molecule is COCCNCc1ccc(OC2CCN(C)C2=O)c(Cl)c1. The number of methoxy groups -OCH3 is 1. The smallest absolute Gasteiger partial charge is 0.263 e. The Balaban J connectivity index is 1.91. The van der Waals surface area contributed by atoms with Gasteiger partial charge in [-0.2, -0.15) is 0 Å². The summed E-state index contributed by atoms with van der Waals surface area (Å²) < 4.78 is 10.7. The second kappa shape index (κ2) is 7.64. The van der Waals surface area contributed by atoms with E-state index in [9.17, 15) is 4.79 Å². The molecule has 5 nitrogen and oxygen atoms in total. The van der Waals surface area contributed by atoms with Gasteiger partial charge < -0.3 is 19.7 Å². The number of carbonyl (C=O) groups excluding carboxylic acids is 1. The lowest BCUT2D eigenvalue weighted by molar-refractivity contribution is -0.132. The molecule has 1 saturated heterocycles. The van der Waals surface area contributed by atoms with Crippen LogP contribution in [0.3, 0.4) is 0 Å². The number of nitrogens with zero attached hydrogens (tertiary/aromatic N) is 1. The Morgan fingerprint density at radius 3 is 2.90 bits per heavy atom. The molecule has 1 aliphatic rings. The van der Waals surface area contributed by atoms with Crippen LogP contribution in [0.2, 0.25) is 5.02 Å². The molecule has 1 N–H and O–H groups in total. The van der Waals surface area contributed by atoms with Gasteiger partial charge in [0.25, 0.3) is 5.91 Å². The van der Waals surface area contributed by atoms with E-state index in [-0.39, 0.29) is 5.91 Å². The maximum absolute atomic E-state index is 11.8. The molecule has 1 amide bonds. The molecule has 0 saturated carbocycles. The molecule has 6 heteroatoms. The first-order valence-corrected chi connectivity index (χ1v) is 7.39. The van der Waals surface area contributed by atoms with Gasteiger partial charge in [0.2, 0.25) is 0 Å². The maximum atomic E-state index is 11.8. The number of likely N-dealkylation sites (tertiary alicyclic amines) is 1. The maximum Gasteiger partial charge on any atom is 0.263 e. The molecule has 0 aliphatic carbocycles. The monoisotopic (exact) mass is 312 g/mol. The average molecular weight is 313 g/mol. The van der Waals surface area contributed by atoms with Gasteiger partial charge in [0.05, 0.1) is 11.6 Å². The Kier molecular flexibility index (Phi) is 5.85. The zero-order chi connectivity index (χ0) is 15.2. The summed E-state index contributed by atoms with van der Waals surface area (Å²) in [5.41, 5.74) is 1.07. The van der Waals surface area contributed by atoms with Gasteiger partial charge in [-0.3, -0.25) is 4.79 Å². The van der Waals surface area contributed by atoms with Gasteiger partial charge in [-0.1, -0.05) is 17.7 Å². The zero-order valence-corrected chi connectivity index (χ0v) is 13.2. The number of amides is 1. The first-order valence-electron chi connectivity index (χ1n) is 7.01. The highest BCUT2D eigenvalue weighted by molar-refractivity contribution is 6.32. The van der Waals surface area contributed by atoms with Gasteiger partial charge in [-0.25, -0.2) is 0 Å². The topological polar surface area (TPSA) is 50.8 Å². The minimum absolute atomic E-state index is 0.0105. The molecule has 0 radical (unpaired) electrons. The van der Waals surface area contributed by atoms with Crippen LogP contribution in [0.4, 0.5) is 0 Å². The summed E-state index contributed by atoms with van der Waals surface area (Å²) in [5, 5.41) is 3.78. The Labute approximate surface area is 130 Å². The fourth-order valence-electron chi connectivity index (χ4n) is 2.21. The molecule has 0 bridgehead atoms. The molecule has 1 aromatic carbocycles. The van der Waals surface area contributed by atoms with Crippen LogP contribution in [-0.2, 0) is 16.1 Å². The highest BCUT2D eigenvalue weighted by Gasteiger charge is 2.31. The lowest BCUT2D eigenvalue weighted by Crippen LogP contribution is -2.29. The lowest BCUT2D eigenvalue weighted by Gasteiger charge is -2.15. The van der Waals surface area contributed by atoms with Crippen LogP contribution in [-0.4, -0.2) is 50.8 Å². The molecule has 1 fully saturated rings. The zero-order valence-electron chi connectivity index (χ0n) is 12.4. The summed E-state index contributed by atoms with van der Waals surface area (Å²) in [6, 6.07) is 5.63. The molecular formula is C15H21ClN2O3. The highest BCUT2D eigenvalue weighted by Crippen LogP contribution is 2.28. The normalized spacial score (nSPS) is 18.3. The van der Waals surface area contributed by atoms with Crippen LogP contribution < -0.4 is 10.1 Å². The summed E-state index contributed by atoms with van der Waals surface area (Å²) in [4.78, 5) is 13.5. The van der Waals surface area contributed by atoms with Crippen molar-refractivity contribution in [3.8, 4) is 5.75 Å². The second-order valence-electron chi connectivity index (χ2n) is 5.09. The Morgan fingerprint density at radius 2 is 2.29 bits per heavy atom. The Bertz CT molecular complexity index is 496. The molecule has 21 heavy (non-hydrogen) atoms. The molecular weight excluding hydrogens is 292 g/mol. The van der Waals surface area contributed by atoms with Gasteiger partial charge in [0.15, 0.2) is 6.10 Å². The van der Waals surface area contributed by atoms with E-state index >= 15 is 0 Å². The number of carbonyl (C=O) groups is 1. The molecule has 0 aromatic heterocycles. The van der Waals surface area contributed by atoms with E-state index in [1.807, 2.05) is 18.2 Å². The van der Waals surface area contributed by atoms with Crippen molar-refractivity contribution in [2.24, 2.45) is 0 Å². The molecule has 2 rings (SSSR count). The minimum Gasteiger partial charge on any atom is -0.479 e. The predicted octanol–water partition coefficient (Wildman–Crippen LogP) is 1.69. The van der Waals surface area contributed by atoms with Gasteiger partial charge >= 0.3 is 0 Å². The summed E-state index contributed by atoms with van der Waals surface area (Å²) >= 11 is 6.23. The number of ether oxygens (including phenoxy) is 2. The first-order chi connectivity index (χ1) is 10.1. The number of halogens is 1. The quantitative estimate of drug-likeness (QED) is 0.778. The average Bonchev–Trinajstić information content (AvgIpc) is 2.78. The Hall–Kier alpha value is -1.30. The van der Waals surface area contributed by atoms with Crippen LogP contribution in [0.5, 0.6) is 5.75 Å². The molecule has 1 aliphatic heterocycles. The van der Waals surface area contributed by atoms with Crippen molar-refractivity contribution in [3.05, 3.63) is 28.8 Å². The first kappa shape index (κ1) is 16.1. The third-order valence-electron chi connectivity index (χ3n) is 3.46. The van der Waals surface area contributed by atoms with E-state index in [2.05, 4.69) is 5.32 Å². The number of benzene rings is 1. The van der Waals surface area contributed by atoms with E-state index in [1.54, 1.807) is 19.1 Å². The summed E-state index contributed by atoms with van der Waals surface area (Å²) in [7, 11) is 3.45. The van der Waals surface area contributed by atoms with Crippen molar-refractivity contribution in [2.45, 2.75) is 19.1 Å². The van der Waals surface area contributed by atoms with Gasteiger partial charge in [-0.15, -0.1) is 0 Å². The summed E-state index contributed by atoms with van der Waals surface area (Å²) in [6.45, 7) is 2.90. The molecule has 0 spiro atoms. The molecule has 1 aromatic rings. The van der Waals surface area contributed by atoms with Crippen molar-refractivity contribution >= 4 is 17.5 Å². The molecule has 116 valence electrons. The van der Waals surface area contributed by atoms with Crippen molar-refractivity contribution in [1.29, 1.82) is 0 Å². The summed E-state index contributed by atoms with van der Waals surface area (Å²) in [5.74, 6) is 0.572. The van der Waals surface area contributed by atoms with E-state index in [0.717, 1.165) is 18.7 Å². The molecule has 1 unspecified atom stereocenters. The van der Waals surface area contributed by atoms with Gasteiger partial charge in [0, 0.05) is 40.2 Å². The number of rotatable bonds is 7. The van der Waals surface area contributed by atoms with Crippen LogP contribution in [0.25, 0.3) is 0 Å². The highest BCUT2D eigenvalue weighted by atomic mass is 35.5. The second-order valence-corrected chi connectivity index (χ2v) is 5.50. The van der Waals surface area contributed by atoms with Crippen molar-refractivity contribution in [3.63, 3.8) is 0 Å². The predicted molar refractivity (Wildman–Crippen MR) is 81.7 cm³/mol. The molecule has 1 atom stereocenters. The standard InChI is InChI=1S/C15H21ClN2O3/c1-18-7-5-14(15(18)19)21-13-4-3-11(9-12(13)16)10-17-6-8-20-2/h3-4,9,14,17H,5-8,10H2,1-2H3. The van der Waals surface area contributed by atoms with Crippen LogP contribution in [0, 0.1) is 0 Å². The van der Waals surface area contributed by atoms with E-state index in [0.29, 0.717) is 30.3 Å². The minimum atomic E-state index is -0.418. The van der Waals surface area contributed by atoms with Crippen LogP contribution in [0.15, 0.2) is 18.2 Å². The Morgan fingerprint density at radius 1 is 1.48 bits per heavy atom. The van der Waals surface area contributed by atoms with E-state index in [1.165, 1.54) is 0 Å². The number of nitrogens with one attached hydrogen (secondary N) is 1. The lowest BCUT2D eigenvalue weighted by atomic mass is 10.2. The van der Waals surface area contributed by atoms with Gasteiger partial charge in [0.1, 0.15) is 5.75 Å². The van der Waals surface area contributed by atoms with Crippen LogP contribution >= 0.6 is 11.6 Å². The third-order valence-corrected chi connectivity index (χ3v) is 3.75. The van der Waals surface area contributed by atoms with Crippen molar-refractivity contribution < 1.29 is 14.3 Å². The number of hydrogen-bond donors (Lipinski definition) is 1. The van der Waals surface area contributed by atoms with Crippen molar-refractivity contribution in [2.75, 3.05) is 33.9 Å². The van der Waals surface area contributed by atoms with Crippen molar-refractivity contribution in [1.82, 2.24) is 10.2 Å². The largest absolute Gasteiger partial charge is 0.479 e. The van der Waals surface area contributed by atoms with Gasteiger partial charge in [-0.05, 0) is 17.7 Å².